The van der Waals surface area contributed by atoms with Gasteiger partial charge in [-0.2, -0.15) is 0 Å². The molecule has 0 saturated heterocycles. The highest BCUT2D eigenvalue weighted by Gasteiger charge is 2.35. The Morgan fingerprint density at radius 3 is 1.14 bits per heavy atom. The van der Waals surface area contributed by atoms with Gasteiger partial charge in [0.25, 0.3) is 6.92 Å². The quantitative estimate of drug-likeness (QED) is 0.433. The maximum absolute atomic E-state index is 5.83. The van der Waals surface area contributed by atoms with Crippen molar-refractivity contribution in [1.82, 2.24) is 0 Å². The van der Waals surface area contributed by atoms with E-state index in [-0.39, 0.29) is 0 Å². The van der Waals surface area contributed by atoms with Crippen LogP contribution in [0.3, 0.4) is 0 Å². The maximum atomic E-state index is 5.83. The predicted octanol–water partition coefficient (Wildman–Crippen LogP) is 8.22. The molecule has 1 nitrogen and oxygen atoms in total. The molecule has 0 bridgehead atoms. The van der Waals surface area contributed by atoms with Crippen molar-refractivity contribution in [2.24, 2.45) is 0 Å². The van der Waals surface area contributed by atoms with Crippen molar-refractivity contribution in [1.29, 1.82) is 0 Å². The van der Waals surface area contributed by atoms with Crippen LogP contribution in [0, 0.1) is 0 Å². The van der Waals surface area contributed by atoms with E-state index in [0.29, 0.717) is 6.92 Å². The molecule has 0 aromatic heterocycles. The third kappa shape index (κ3) is 7.73. The normalized spacial score (nSPS) is 26.3. The highest BCUT2D eigenvalue weighted by atomic mass is 16.4. The fourth-order valence-electron chi connectivity index (χ4n) is 7.01. The molecule has 0 N–H and O–H groups in total. The van der Waals surface area contributed by atoms with Gasteiger partial charge in [-0.15, -0.1) is 0 Å². The molecule has 160 valence electrons. The Morgan fingerprint density at radius 1 is 0.500 bits per heavy atom. The van der Waals surface area contributed by atoms with Crippen LogP contribution in [0.4, 0.5) is 0 Å². The Labute approximate surface area is 177 Å². The van der Waals surface area contributed by atoms with Gasteiger partial charge in [0, 0.05) is 7.11 Å². The minimum atomic E-state index is 0.589. The Kier molecular flexibility index (Phi) is 10.9. The maximum Gasteiger partial charge on any atom is 0.298 e. The van der Waals surface area contributed by atoms with Gasteiger partial charge in [-0.3, -0.25) is 0 Å². The number of hydrogen-bond acceptors (Lipinski definition) is 1. The van der Waals surface area contributed by atoms with Gasteiger partial charge in [0.15, 0.2) is 0 Å². The molecule has 0 radical (unpaired) electrons. The van der Waals surface area contributed by atoms with Crippen LogP contribution < -0.4 is 0 Å². The lowest BCUT2D eigenvalue weighted by Crippen LogP contribution is -2.32. The van der Waals surface area contributed by atoms with Gasteiger partial charge in [0.1, 0.15) is 7.28 Å². The first-order valence-corrected chi connectivity index (χ1v) is 13.4. The minimum Gasteiger partial charge on any atom is -0.438 e. The van der Waals surface area contributed by atoms with Crippen LogP contribution in [0.5, 0.6) is 0 Å². The summed E-state index contributed by atoms with van der Waals surface area (Å²) in [5.41, 5.74) is 0. The summed E-state index contributed by atoms with van der Waals surface area (Å²) >= 11 is 0. The van der Waals surface area contributed by atoms with Gasteiger partial charge in [0.05, 0.1) is 0 Å². The van der Waals surface area contributed by atoms with E-state index in [1.165, 1.54) is 103 Å². The van der Waals surface area contributed by atoms with E-state index in [1.54, 1.807) is 33.0 Å². The molecule has 0 heterocycles. The largest absolute Gasteiger partial charge is 0.438 e. The van der Waals surface area contributed by atoms with Crippen LogP contribution in [0.1, 0.15) is 128 Å². The topological polar surface area (TPSA) is 9.23 Å². The van der Waals surface area contributed by atoms with Crippen LogP contribution >= 0.6 is 0 Å². The van der Waals surface area contributed by atoms with E-state index in [1.807, 2.05) is 7.11 Å². The molecule has 4 aliphatic carbocycles. The van der Waals surface area contributed by atoms with Gasteiger partial charge in [-0.05, 0) is 11.6 Å². The zero-order valence-electron chi connectivity index (χ0n) is 19.1. The summed E-state index contributed by atoms with van der Waals surface area (Å²) in [6.07, 6.45) is 29.7. The molecule has 4 rings (SSSR count). The first-order valence-electron chi connectivity index (χ1n) is 13.4. The van der Waals surface area contributed by atoms with Crippen LogP contribution in [0.2, 0.25) is 23.3 Å². The fourth-order valence-corrected chi connectivity index (χ4v) is 7.01. The van der Waals surface area contributed by atoms with Gasteiger partial charge < -0.3 is 4.65 Å². The lowest BCUT2D eigenvalue weighted by atomic mass is 9.42. The SMILES string of the molecule is B(C1CCCCC1)C1CCCCC1.COB(C1CCCCC1)C1CCCCC1. The summed E-state index contributed by atoms with van der Waals surface area (Å²) in [6, 6.07) is 0. The Bertz CT molecular complexity index is 344. The van der Waals surface area contributed by atoms with Crippen molar-refractivity contribution >= 4 is 14.2 Å². The predicted molar refractivity (Wildman–Crippen MR) is 127 cm³/mol. The van der Waals surface area contributed by atoms with Crippen LogP contribution in [0.25, 0.3) is 0 Å². The second-order valence-electron chi connectivity index (χ2n) is 10.7. The molecular weight excluding hydrogens is 338 g/mol. The molecule has 0 spiro atoms. The van der Waals surface area contributed by atoms with E-state index in [2.05, 4.69) is 0 Å². The molecule has 0 aliphatic heterocycles. The number of hydrogen-bond donors (Lipinski definition) is 0. The lowest BCUT2D eigenvalue weighted by molar-refractivity contribution is 0.346. The molecule has 4 saturated carbocycles. The van der Waals surface area contributed by atoms with Gasteiger partial charge in [-0.25, -0.2) is 0 Å². The summed E-state index contributed by atoms with van der Waals surface area (Å²) in [6.45, 7) is 0.589. The summed E-state index contributed by atoms with van der Waals surface area (Å²) in [4.78, 5) is 0. The highest BCUT2D eigenvalue weighted by Crippen LogP contribution is 2.41. The van der Waals surface area contributed by atoms with Crippen LogP contribution in [-0.2, 0) is 4.65 Å². The van der Waals surface area contributed by atoms with Gasteiger partial charge in [-0.1, -0.05) is 140 Å². The first-order chi connectivity index (χ1) is 13.9. The zero-order chi connectivity index (χ0) is 19.4. The van der Waals surface area contributed by atoms with E-state index < -0.39 is 0 Å². The molecule has 0 aromatic carbocycles. The molecule has 0 atom stereocenters. The van der Waals surface area contributed by atoms with Crippen molar-refractivity contribution in [3.63, 3.8) is 0 Å². The van der Waals surface area contributed by atoms with E-state index in [9.17, 15) is 0 Å². The van der Waals surface area contributed by atoms with Crippen LogP contribution in [-0.4, -0.2) is 21.3 Å². The van der Waals surface area contributed by atoms with Gasteiger partial charge >= 0.3 is 0 Å². The second-order valence-corrected chi connectivity index (χ2v) is 10.7. The fraction of sp³-hybridized carbons (Fsp3) is 1.00. The summed E-state index contributed by atoms with van der Waals surface area (Å²) in [5.74, 6) is 4.01. The average molecular weight is 386 g/mol. The van der Waals surface area contributed by atoms with E-state index in [4.69, 9.17) is 4.65 Å². The monoisotopic (exact) mass is 386 g/mol. The van der Waals surface area contributed by atoms with Crippen LogP contribution in [0.15, 0.2) is 0 Å². The van der Waals surface area contributed by atoms with Crippen molar-refractivity contribution in [3.8, 4) is 0 Å². The van der Waals surface area contributed by atoms with Gasteiger partial charge in [0.2, 0.25) is 0 Å². The molecule has 0 amide bonds. The molecular formula is C25H48B2O. The molecule has 0 aromatic rings. The molecule has 4 fully saturated rings. The standard InChI is InChI=1S/C13H25BO.C12H23B/c1-15-14(12-8-4-2-5-9-12)13-10-6-3-7-11-13;1-3-7-11(8-4-1)13-12-9-5-2-6-10-12/h12-13H,2-11H2,1H3;11-13H,1-10H2. The molecule has 28 heavy (non-hydrogen) atoms. The van der Waals surface area contributed by atoms with Crippen molar-refractivity contribution < 1.29 is 4.65 Å². The Morgan fingerprint density at radius 2 is 0.821 bits per heavy atom. The first kappa shape index (κ1) is 22.8. The third-order valence-electron chi connectivity index (χ3n) is 8.62. The molecule has 3 heteroatoms. The van der Waals surface area contributed by atoms with E-state index in [0.717, 1.165) is 23.3 Å². The zero-order valence-corrected chi connectivity index (χ0v) is 19.1. The smallest absolute Gasteiger partial charge is 0.298 e. The Hall–Kier alpha value is 0.0899. The van der Waals surface area contributed by atoms with E-state index >= 15 is 0 Å². The third-order valence-corrected chi connectivity index (χ3v) is 8.62. The second kappa shape index (κ2) is 13.4. The lowest BCUT2D eigenvalue weighted by Gasteiger charge is -2.33. The summed E-state index contributed by atoms with van der Waals surface area (Å²) < 4.78 is 5.83. The highest BCUT2D eigenvalue weighted by molar-refractivity contribution is 6.55. The molecule has 4 aliphatic rings. The minimum absolute atomic E-state index is 0.589. The number of rotatable bonds is 5. The molecule has 0 unspecified atom stereocenters. The average Bonchev–Trinajstić information content (AvgIpc) is 2.78. The summed E-state index contributed by atoms with van der Waals surface area (Å²) in [5, 5.41) is 0. The Balaban J connectivity index is 0.000000162. The van der Waals surface area contributed by atoms with Crippen molar-refractivity contribution in [2.45, 2.75) is 152 Å². The van der Waals surface area contributed by atoms with Crippen molar-refractivity contribution in [2.75, 3.05) is 7.11 Å². The van der Waals surface area contributed by atoms with Crippen molar-refractivity contribution in [3.05, 3.63) is 0 Å². The summed E-state index contributed by atoms with van der Waals surface area (Å²) in [7, 11) is 3.52.